The van der Waals surface area contributed by atoms with Gasteiger partial charge >= 0.3 is 7.12 Å². The Bertz CT molecular complexity index is 1710. The zero-order valence-electron chi connectivity index (χ0n) is 29.7. The van der Waals surface area contributed by atoms with Crippen molar-refractivity contribution >= 4 is 35.3 Å². The molecule has 0 saturated carbocycles. The molecule has 2 aromatic carbocycles. The van der Waals surface area contributed by atoms with E-state index in [0.29, 0.717) is 34.1 Å². The third-order valence-corrected chi connectivity index (χ3v) is 9.30. The van der Waals surface area contributed by atoms with E-state index in [-0.39, 0.29) is 63.0 Å². The Morgan fingerprint density at radius 2 is 1.47 bits per heavy atom. The van der Waals surface area contributed by atoms with Crippen LogP contribution < -0.4 is 19.7 Å². The second-order valence-corrected chi connectivity index (χ2v) is 14.1. The van der Waals surface area contributed by atoms with E-state index >= 15 is 0 Å². The van der Waals surface area contributed by atoms with Gasteiger partial charge in [0, 0.05) is 12.0 Å². The lowest BCUT2D eigenvalue weighted by molar-refractivity contribution is -0.131. The molecule has 0 aliphatic carbocycles. The molecule has 2 fully saturated rings. The third kappa shape index (κ3) is 9.51. The van der Waals surface area contributed by atoms with Crippen LogP contribution in [0.25, 0.3) is 22.4 Å². The number of H-pyrrole nitrogens is 1. The quantitative estimate of drug-likeness (QED) is 0.142. The van der Waals surface area contributed by atoms with Crippen molar-refractivity contribution in [2.75, 3.05) is 26.4 Å². The van der Waals surface area contributed by atoms with Crippen LogP contribution in [0.5, 0.6) is 17.5 Å². The van der Waals surface area contributed by atoms with E-state index in [2.05, 4.69) is 15.0 Å². The number of aromatic amines is 1. The molecule has 2 unspecified atom stereocenters. The molecule has 4 heterocycles. The first kappa shape index (κ1) is 38.8. The van der Waals surface area contributed by atoms with Crippen LogP contribution in [0, 0.1) is 0 Å². The lowest BCUT2D eigenvalue weighted by atomic mass is 9.79. The van der Waals surface area contributed by atoms with Gasteiger partial charge in [-0.05, 0) is 89.5 Å². The molecule has 6 rings (SSSR count). The highest BCUT2D eigenvalue weighted by atomic mass is 35.5. The molecular weight excluding hydrogens is 681 g/mol. The van der Waals surface area contributed by atoms with Crippen molar-refractivity contribution in [3.05, 3.63) is 59.6 Å². The van der Waals surface area contributed by atoms with E-state index in [1.807, 2.05) is 71.0 Å². The molecule has 5 atom stereocenters. The number of ether oxygens (including phenoxy) is 4. The van der Waals surface area contributed by atoms with Crippen molar-refractivity contribution < 1.29 is 48.7 Å². The Hall–Kier alpha value is -3.47. The lowest BCUT2D eigenvalue weighted by Crippen LogP contribution is -2.45. The average molecular weight is 728 g/mol. The maximum atomic E-state index is 9.99. The first-order chi connectivity index (χ1) is 24.2. The second-order valence-electron chi connectivity index (χ2n) is 13.7. The smallest absolute Gasteiger partial charge is 0.488 e. The molecule has 276 valence electrons. The first-order valence-electron chi connectivity index (χ1n) is 17.0. The first-order valence-corrected chi connectivity index (χ1v) is 17.3. The molecule has 2 saturated heterocycles. The van der Waals surface area contributed by atoms with Crippen LogP contribution in [-0.4, -0.2) is 111 Å². The van der Waals surface area contributed by atoms with Crippen LogP contribution in [0.2, 0.25) is 5.02 Å². The standard InChI is InChI=1S/C21H24ClN3O6.C15H23BO4/c1-11(8-26)30-13-4-2-12(3-5-13)19-15(22)7-16-20(24-19)25-21(23-16)31-14-6-17(28)18(9-27)29-10-14;1-11(10-17)18-13-8-6-12(7-9-13)16-19-14(2,3)15(4,5)20-16/h2-5,7,11,14,17-18,26-28H,6,8-10H2,1H3,(H,23,24,25);6-9,11,17H,10H2,1-5H3/t11?,14-,17+,18-;/m1./s1. The highest BCUT2D eigenvalue weighted by molar-refractivity contribution is 6.62. The lowest BCUT2D eigenvalue weighted by Gasteiger charge is -2.32. The average Bonchev–Trinajstić information content (AvgIpc) is 3.59. The fraction of sp³-hybridized carbons (Fsp3) is 0.500. The highest BCUT2D eigenvalue weighted by Gasteiger charge is 2.51. The molecule has 0 bridgehead atoms. The molecule has 2 aliphatic heterocycles. The van der Waals surface area contributed by atoms with Crippen LogP contribution >= 0.6 is 11.6 Å². The number of nitrogens with one attached hydrogen (secondary N) is 1. The maximum absolute atomic E-state index is 9.99. The summed E-state index contributed by atoms with van der Waals surface area (Å²) in [4.78, 5) is 12.0. The number of aromatic nitrogens is 3. The van der Waals surface area contributed by atoms with Gasteiger partial charge in [0.2, 0.25) is 0 Å². The van der Waals surface area contributed by atoms with Crippen molar-refractivity contribution in [3.8, 4) is 28.8 Å². The van der Waals surface area contributed by atoms with E-state index < -0.39 is 18.3 Å². The zero-order valence-corrected chi connectivity index (χ0v) is 30.5. The minimum Gasteiger partial charge on any atom is -0.488 e. The van der Waals surface area contributed by atoms with E-state index in [4.69, 9.17) is 55.2 Å². The van der Waals surface area contributed by atoms with E-state index in [1.165, 1.54) is 0 Å². The number of aliphatic hydroxyl groups is 4. The fourth-order valence-corrected chi connectivity index (χ4v) is 5.57. The SMILES string of the molecule is CC(CO)Oc1ccc(-c2nc3nc(O[C@H]4CO[C@H](CO)[C@@H](O)C4)[nH]c3cc2Cl)cc1.CC(CO)Oc1ccc(B2OC(C)(C)C(C)(C)O2)cc1. The third-order valence-electron chi connectivity index (χ3n) is 9.01. The van der Waals surface area contributed by atoms with Crippen LogP contribution in [0.1, 0.15) is 48.0 Å². The van der Waals surface area contributed by atoms with Crippen molar-refractivity contribution in [1.82, 2.24) is 15.0 Å². The largest absolute Gasteiger partial charge is 0.494 e. The summed E-state index contributed by atoms with van der Waals surface area (Å²) >= 11 is 6.44. The molecule has 5 N–H and O–H groups in total. The molecule has 0 radical (unpaired) electrons. The topological polar surface area (TPSA) is 178 Å². The van der Waals surface area contributed by atoms with Gasteiger partial charge < -0.3 is 53.7 Å². The minimum absolute atomic E-state index is 0.00101. The van der Waals surface area contributed by atoms with E-state index in [1.54, 1.807) is 25.1 Å². The molecule has 2 aliphatic rings. The van der Waals surface area contributed by atoms with Crippen molar-refractivity contribution in [1.29, 1.82) is 0 Å². The van der Waals surface area contributed by atoms with Gasteiger partial charge in [-0.25, -0.2) is 4.98 Å². The van der Waals surface area contributed by atoms with E-state index in [9.17, 15) is 5.11 Å². The van der Waals surface area contributed by atoms with E-state index in [0.717, 1.165) is 16.8 Å². The molecule has 13 nitrogen and oxygen atoms in total. The van der Waals surface area contributed by atoms with Crippen LogP contribution in [-0.2, 0) is 14.0 Å². The summed E-state index contributed by atoms with van der Waals surface area (Å²) in [6.45, 7) is 11.7. The summed E-state index contributed by atoms with van der Waals surface area (Å²) < 4.78 is 34.3. The van der Waals surface area contributed by atoms with Crippen molar-refractivity contribution in [3.63, 3.8) is 0 Å². The summed E-state index contributed by atoms with van der Waals surface area (Å²) in [5, 5.41) is 37.7. The predicted molar refractivity (Wildman–Crippen MR) is 193 cm³/mol. The Morgan fingerprint density at radius 3 is 2.00 bits per heavy atom. The number of hydrogen-bond donors (Lipinski definition) is 5. The Kier molecular flexibility index (Phi) is 12.5. The van der Waals surface area contributed by atoms with Gasteiger partial charge in [0.1, 0.15) is 35.9 Å². The summed E-state index contributed by atoms with van der Waals surface area (Å²) in [5.41, 5.74) is 2.71. The van der Waals surface area contributed by atoms with Gasteiger partial charge in [-0.15, -0.1) is 0 Å². The normalized spacial score (nSPS) is 22.2. The monoisotopic (exact) mass is 727 g/mol. The van der Waals surface area contributed by atoms with Gasteiger partial charge in [0.25, 0.3) is 6.01 Å². The second kappa shape index (κ2) is 16.5. The summed E-state index contributed by atoms with van der Waals surface area (Å²) in [7, 11) is -0.357. The molecule has 4 aromatic rings. The van der Waals surface area contributed by atoms with Gasteiger partial charge in [-0.3, -0.25) is 0 Å². The molecule has 15 heteroatoms. The fourth-order valence-electron chi connectivity index (χ4n) is 5.31. The van der Waals surface area contributed by atoms with Gasteiger partial charge in [-0.2, -0.15) is 4.98 Å². The van der Waals surface area contributed by atoms with Gasteiger partial charge in [-0.1, -0.05) is 23.7 Å². The number of benzene rings is 2. The minimum atomic E-state index is -0.806. The molecular formula is C36H47BClN3O10. The summed E-state index contributed by atoms with van der Waals surface area (Å²) in [6, 6.07) is 16.8. The zero-order chi connectivity index (χ0) is 36.9. The maximum Gasteiger partial charge on any atom is 0.494 e. The molecule has 0 amide bonds. The number of halogens is 1. The van der Waals surface area contributed by atoms with Crippen LogP contribution in [0.15, 0.2) is 54.6 Å². The number of rotatable bonds is 11. The van der Waals surface area contributed by atoms with Crippen molar-refractivity contribution in [2.24, 2.45) is 0 Å². The van der Waals surface area contributed by atoms with Crippen molar-refractivity contribution in [2.45, 2.75) is 89.7 Å². The highest BCUT2D eigenvalue weighted by Crippen LogP contribution is 2.36. The number of pyridine rings is 1. The molecule has 51 heavy (non-hydrogen) atoms. The molecule has 2 aromatic heterocycles. The number of aliphatic hydroxyl groups excluding tert-OH is 4. The number of hydrogen-bond acceptors (Lipinski definition) is 12. The summed E-state index contributed by atoms with van der Waals surface area (Å²) in [6.07, 6.45) is -1.98. The summed E-state index contributed by atoms with van der Waals surface area (Å²) in [5.74, 6) is 1.37. The number of nitrogens with zero attached hydrogens (tertiary/aromatic N) is 2. The number of fused-ring (bicyclic) bond motifs is 1. The Labute approximate surface area is 302 Å². The van der Waals surface area contributed by atoms with Crippen LogP contribution in [0.4, 0.5) is 0 Å². The van der Waals surface area contributed by atoms with Gasteiger partial charge in [0.05, 0.1) is 60.0 Å². The molecule has 0 spiro atoms. The van der Waals surface area contributed by atoms with Gasteiger partial charge in [0.15, 0.2) is 5.65 Å². The Morgan fingerprint density at radius 1 is 0.902 bits per heavy atom. The van der Waals surface area contributed by atoms with Crippen LogP contribution in [0.3, 0.4) is 0 Å². The predicted octanol–water partition coefficient (Wildman–Crippen LogP) is 3.67. The number of imidazole rings is 1. The Balaban J connectivity index is 0.000000218.